The molecule has 0 aliphatic heterocycles. The minimum absolute atomic E-state index is 0.505. The van der Waals surface area contributed by atoms with Crippen LogP contribution in [0.15, 0.2) is 36.4 Å². The van der Waals surface area contributed by atoms with E-state index >= 15 is 0 Å². The molecule has 3 rings (SSSR count). The van der Waals surface area contributed by atoms with Crippen LogP contribution in [0.3, 0.4) is 0 Å². The maximum absolute atomic E-state index is 6.30. The lowest BCUT2D eigenvalue weighted by Gasteiger charge is -2.10. The normalized spacial score (nSPS) is 11.0. The van der Waals surface area contributed by atoms with Crippen molar-refractivity contribution < 1.29 is 4.74 Å². The summed E-state index contributed by atoms with van der Waals surface area (Å²) in [6, 6.07) is 11.4. The van der Waals surface area contributed by atoms with Crippen LogP contribution in [0.4, 0.5) is 5.69 Å². The van der Waals surface area contributed by atoms with Crippen molar-refractivity contribution in [2.45, 2.75) is 0 Å². The Morgan fingerprint density at radius 2 is 1.89 bits per heavy atom. The molecule has 0 spiro atoms. The van der Waals surface area contributed by atoms with E-state index in [2.05, 4.69) is 4.98 Å². The molecule has 2 aromatic carbocycles. The number of pyridine rings is 1. The number of nitrogen functional groups attached to an aromatic ring is 1. The average molecular weight is 259 g/mol. The van der Waals surface area contributed by atoms with Gasteiger partial charge in [-0.1, -0.05) is 29.8 Å². The maximum atomic E-state index is 6.30. The fourth-order valence-corrected chi connectivity index (χ4v) is 2.46. The maximum Gasteiger partial charge on any atom is 0.138 e. The highest BCUT2D eigenvalue weighted by atomic mass is 35.5. The van der Waals surface area contributed by atoms with Gasteiger partial charge in [-0.25, -0.2) is 4.98 Å². The molecule has 0 saturated carbocycles. The number of methoxy groups -OCH3 is 1. The molecule has 0 atom stereocenters. The molecule has 0 bridgehead atoms. The Hall–Kier alpha value is -2.00. The summed E-state index contributed by atoms with van der Waals surface area (Å²) < 4.78 is 5.20. The van der Waals surface area contributed by atoms with Gasteiger partial charge in [0.25, 0.3) is 0 Å². The number of nitrogens with zero attached hydrogens (tertiary/aromatic N) is 1. The molecular formula is C14H11ClN2O. The molecule has 1 heterocycles. The summed E-state index contributed by atoms with van der Waals surface area (Å²) in [7, 11) is 1.58. The van der Waals surface area contributed by atoms with Crippen molar-refractivity contribution >= 4 is 39.1 Å². The summed E-state index contributed by atoms with van der Waals surface area (Å²) in [6.07, 6.45) is 0. The first kappa shape index (κ1) is 11.1. The SMILES string of the molecule is COc1ccc2nc3ccccc3c(N)c2c1Cl. The molecule has 18 heavy (non-hydrogen) atoms. The number of fused-ring (bicyclic) bond motifs is 2. The van der Waals surface area contributed by atoms with E-state index in [1.165, 1.54) is 0 Å². The number of rotatable bonds is 1. The highest BCUT2D eigenvalue weighted by Crippen LogP contribution is 2.38. The van der Waals surface area contributed by atoms with Gasteiger partial charge in [0.15, 0.2) is 0 Å². The third-order valence-corrected chi connectivity index (χ3v) is 3.38. The van der Waals surface area contributed by atoms with Crippen LogP contribution in [0.5, 0.6) is 5.75 Å². The number of hydrogen-bond donors (Lipinski definition) is 1. The monoisotopic (exact) mass is 258 g/mol. The fourth-order valence-electron chi connectivity index (χ4n) is 2.12. The molecule has 0 aliphatic carbocycles. The van der Waals surface area contributed by atoms with E-state index in [-0.39, 0.29) is 0 Å². The van der Waals surface area contributed by atoms with Crippen molar-refractivity contribution in [3.8, 4) is 5.75 Å². The topological polar surface area (TPSA) is 48.1 Å². The van der Waals surface area contributed by atoms with Crippen LogP contribution in [0.2, 0.25) is 5.02 Å². The van der Waals surface area contributed by atoms with Crippen LogP contribution in [-0.4, -0.2) is 12.1 Å². The zero-order valence-electron chi connectivity index (χ0n) is 9.77. The van der Waals surface area contributed by atoms with Gasteiger partial charge in [-0.05, 0) is 18.2 Å². The Kier molecular flexibility index (Phi) is 2.49. The van der Waals surface area contributed by atoms with E-state index in [4.69, 9.17) is 22.1 Å². The van der Waals surface area contributed by atoms with Crippen molar-refractivity contribution in [1.29, 1.82) is 0 Å². The van der Waals surface area contributed by atoms with Gasteiger partial charge in [-0.15, -0.1) is 0 Å². The lowest BCUT2D eigenvalue weighted by molar-refractivity contribution is 0.415. The summed E-state index contributed by atoms with van der Waals surface area (Å²) in [5.41, 5.74) is 8.48. The summed E-state index contributed by atoms with van der Waals surface area (Å²) in [6.45, 7) is 0. The second-order valence-electron chi connectivity index (χ2n) is 4.02. The van der Waals surface area contributed by atoms with Gasteiger partial charge in [-0.2, -0.15) is 0 Å². The van der Waals surface area contributed by atoms with E-state index in [1.807, 2.05) is 30.3 Å². The molecular weight excluding hydrogens is 248 g/mol. The Balaban J connectivity index is 2.53. The number of para-hydroxylation sites is 1. The van der Waals surface area contributed by atoms with Crippen LogP contribution < -0.4 is 10.5 Å². The molecule has 90 valence electrons. The zero-order valence-corrected chi connectivity index (χ0v) is 10.5. The van der Waals surface area contributed by atoms with Gasteiger partial charge in [0.1, 0.15) is 5.75 Å². The Morgan fingerprint density at radius 1 is 1.11 bits per heavy atom. The van der Waals surface area contributed by atoms with Crippen molar-refractivity contribution in [2.75, 3.05) is 12.8 Å². The molecule has 0 saturated heterocycles. The van der Waals surface area contributed by atoms with E-state index in [0.717, 1.165) is 21.8 Å². The van der Waals surface area contributed by atoms with Gasteiger partial charge in [0.2, 0.25) is 0 Å². The Morgan fingerprint density at radius 3 is 2.67 bits per heavy atom. The largest absolute Gasteiger partial charge is 0.495 e. The zero-order chi connectivity index (χ0) is 12.7. The highest BCUT2D eigenvalue weighted by Gasteiger charge is 2.12. The molecule has 0 aliphatic rings. The van der Waals surface area contributed by atoms with Crippen LogP contribution in [-0.2, 0) is 0 Å². The van der Waals surface area contributed by atoms with Crippen molar-refractivity contribution in [3.63, 3.8) is 0 Å². The first-order valence-corrected chi connectivity index (χ1v) is 5.90. The van der Waals surface area contributed by atoms with Crippen molar-refractivity contribution in [3.05, 3.63) is 41.4 Å². The Labute approximate surface area is 109 Å². The third kappa shape index (κ3) is 1.48. The standard InChI is InChI=1S/C14H11ClN2O/c1-18-11-7-6-10-12(13(11)15)14(16)8-4-2-3-5-9(8)17-10/h2-7H,1H3,(H2,16,17). The predicted molar refractivity (Wildman–Crippen MR) is 75.2 cm³/mol. The van der Waals surface area contributed by atoms with E-state index in [1.54, 1.807) is 13.2 Å². The molecule has 1 aromatic heterocycles. The lowest BCUT2D eigenvalue weighted by Crippen LogP contribution is -1.94. The average Bonchev–Trinajstić information content (AvgIpc) is 2.39. The van der Waals surface area contributed by atoms with E-state index in [9.17, 15) is 0 Å². The number of benzene rings is 2. The summed E-state index contributed by atoms with van der Waals surface area (Å²) in [5, 5.41) is 2.15. The highest BCUT2D eigenvalue weighted by molar-refractivity contribution is 6.38. The second-order valence-corrected chi connectivity index (χ2v) is 4.40. The van der Waals surface area contributed by atoms with Gasteiger partial charge >= 0.3 is 0 Å². The van der Waals surface area contributed by atoms with E-state index in [0.29, 0.717) is 16.5 Å². The van der Waals surface area contributed by atoms with Crippen LogP contribution in [0, 0.1) is 0 Å². The van der Waals surface area contributed by atoms with Crippen LogP contribution >= 0.6 is 11.6 Å². The minimum atomic E-state index is 0.505. The lowest BCUT2D eigenvalue weighted by atomic mass is 10.1. The molecule has 3 nitrogen and oxygen atoms in total. The number of hydrogen-bond acceptors (Lipinski definition) is 3. The molecule has 0 amide bonds. The molecule has 0 fully saturated rings. The summed E-state index contributed by atoms with van der Waals surface area (Å²) in [5.74, 6) is 0.605. The van der Waals surface area contributed by atoms with E-state index < -0.39 is 0 Å². The third-order valence-electron chi connectivity index (χ3n) is 3.01. The quantitative estimate of drug-likeness (QED) is 0.678. The number of anilines is 1. The van der Waals surface area contributed by atoms with Crippen LogP contribution in [0.1, 0.15) is 0 Å². The molecule has 3 aromatic rings. The van der Waals surface area contributed by atoms with Crippen LogP contribution in [0.25, 0.3) is 21.8 Å². The number of aromatic nitrogens is 1. The number of halogens is 1. The number of nitrogens with two attached hydrogens (primary N) is 1. The first-order valence-electron chi connectivity index (χ1n) is 5.53. The second kappa shape index (κ2) is 4.03. The van der Waals surface area contributed by atoms with Gasteiger partial charge in [-0.3, -0.25) is 0 Å². The smallest absolute Gasteiger partial charge is 0.138 e. The first-order chi connectivity index (χ1) is 8.72. The Bertz CT molecular complexity index is 755. The molecule has 2 N–H and O–H groups in total. The minimum Gasteiger partial charge on any atom is -0.495 e. The molecule has 0 unspecified atom stereocenters. The van der Waals surface area contributed by atoms with Gasteiger partial charge in [0, 0.05) is 10.8 Å². The van der Waals surface area contributed by atoms with Crippen molar-refractivity contribution in [2.24, 2.45) is 0 Å². The number of ether oxygens (including phenoxy) is 1. The van der Waals surface area contributed by atoms with Gasteiger partial charge in [0.05, 0.1) is 28.9 Å². The fraction of sp³-hybridized carbons (Fsp3) is 0.0714. The summed E-state index contributed by atoms with van der Waals surface area (Å²) in [4.78, 5) is 4.55. The molecule has 0 radical (unpaired) electrons. The molecule has 4 heteroatoms. The summed E-state index contributed by atoms with van der Waals surface area (Å²) >= 11 is 6.30. The van der Waals surface area contributed by atoms with Gasteiger partial charge < -0.3 is 10.5 Å². The van der Waals surface area contributed by atoms with Crippen molar-refractivity contribution in [1.82, 2.24) is 4.98 Å². The predicted octanol–water partition coefficient (Wildman–Crippen LogP) is 3.63.